The van der Waals surface area contributed by atoms with Gasteiger partial charge in [0.2, 0.25) is 5.91 Å². The lowest BCUT2D eigenvalue weighted by Crippen LogP contribution is -2.33. The van der Waals surface area contributed by atoms with Gasteiger partial charge in [-0.25, -0.2) is 0 Å². The minimum atomic E-state index is 0.0637. The van der Waals surface area contributed by atoms with Gasteiger partial charge >= 0.3 is 0 Å². The molecular formula is C14H22N2O. The second-order valence-corrected chi connectivity index (χ2v) is 4.97. The molecule has 0 aromatic heterocycles. The quantitative estimate of drug-likeness (QED) is 0.814. The van der Waals surface area contributed by atoms with Crippen molar-refractivity contribution in [3.05, 3.63) is 29.8 Å². The molecule has 94 valence electrons. The molecular weight excluding hydrogens is 212 g/mol. The maximum absolute atomic E-state index is 12.1. The highest BCUT2D eigenvalue weighted by molar-refractivity contribution is 5.78. The Morgan fingerprint density at radius 3 is 2.24 bits per heavy atom. The largest absolute Gasteiger partial charge is 0.399 e. The van der Waals surface area contributed by atoms with E-state index in [4.69, 9.17) is 5.73 Å². The Morgan fingerprint density at radius 1 is 1.24 bits per heavy atom. The summed E-state index contributed by atoms with van der Waals surface area (Å²) in [5.41, 5.74) is 7.48. The van der Waals surface area contributed by atoms with Crippen molar-refractivity contribution in [3.8, 4) is 0 Å². The van der Waals surface area contributed by atoms with Crippen LogP contribution in [0, 0.1) is 11.8 Å². The third-order valence-corrected chi connectivity index (χ3v) is 3.17. The van der Waals surface area contributed by atoms with Crippen LogP contribution in [0.2, 0.25) is 0 Å². The number of benzene rings is 1. The van der Waals surface area contributed by atoms with Crippen LogP contribution in [0.1, 0.15) is 26.3 Å². The standard InChI is InChI=1S/C14H22N2O/c1-10(2)11(3)14(17)16(4)9-12-5-7-13(15)8-6-12/h5-8,10-11H,9,15H2,1-4H3. The summed E-state index contributed by atoms with van der Waals surface area (Å²) in [7, 11) is 1.84. The highest BCUT2D eigenvalue weighted by atomic mass is 16.2. The van der Waals surface area contributed by atoms with Gasteiger partial charge < -0.3 is 10.6 Å². The minimum Gasteiger partial charge on any atom is -0.399 e. The Bertz CT molecular complexity index is 370. The van der Waals surface area contributed by atoms with Crippen LogP contribution in [-0.4, -0.2) is 17.9 Å². The van der Waals surface area contributed by atoms with E-state index in [9.17, 15) is 4.79 Å². The van der Waals surface area contributed by atoms with Crippen LogP contribution in [-0.2, 0) is 11.3 Å². The van der Waals surface area contributed by atoms with E-state index in [0.717, 1.165) is 11.3 Å². The van der Waals surface area contributed by atoms with E-state index in [-0.39, 0.29) is 11.8 Å². The molecule has 0 saturated heterocycles. The normalized spacial score (nSPS) is 12.5. The van der Waals surface area contributed by atoms with E-state index in [1.54, 1.807) is 4.90 Å². The third-order valence-electron chi connectivity index (χ3n) is 3.17. The zero-order valence-electron chi connectivity index (χ0n) is 11.1. The van der Waals surface area contributed by atoms with Gasteiger partial charge in [0.1, 0.15) is 0 Å². The number of hydrogen-bond donors (Lipinski definition) is 1. The number of nitrogens with zero attached hydrogens (tertiary/aromatic N) is 1. The zero-order valence-corrected chi connectivity index (χ0v) is 11.1. The van der Waals surface area contributed by atoms with Gasteiger partial charge in [-0.15, -0.1) is 0 Å². The van der Waals surface area contributed by atoms with Crippen LogP contribution in [0.3, 0.4) is 0 Å². The molecule has 1 aromatic carbocycles. The molecule has 1 unspecified atom stereocenters. The number of carbonyl (C=O) groups excluding carboxylic acids is 1. The van der Waals surface area contributed by atoms with E-state index in [2.05, 4.69) is 13.8 Å². The second-order valence-electron chi connectivity index (χ2n) is 4.97. The monoisotopic (exact) mass is 234 g/mol. The van der Waals surface area contributed by atoms with Crippen molar-refractivity contribution >= 4 is 11.6 Å². The molecule has 0 fully saturated rings. The Morgan fingerprint density at radius 2 is 1.76 bits per heavy atom. The maximum Gasteiger partial charge on any atom is 0.225 e. The molecule has 0 aliphatic carbocycles. The first-order valence-electron chi connectivity index (χ1n) is 6.01. The molecule has 0 saturated carbocycles. The molecule has 0 radical (unpaired) electrons. The summed E-state index contributed by atoms with van der Waals surface area (Å²) in [5, 5.41) is 0. The van der Waals surface area contributed by atoms with Gasteiger partial charge in [-0.2, -0.15) is 0 Å². The molecule has 0 bridgehead atoms. The van der Waals surface area contributed by atoms with Crippen molar-refractivity contribution in [2.75, 3.05) is 12.8 Å². The smallest absolute Gasteiger partial charge is 0.225 e. The van der Waals surface area contributed by atoms with Crippen molar-refractivity contribution in [2.45, 2.75) is 27.3 Å². The molecule has 3 heteroatoms. The Hall–Kier alpha value is -1.51. The van der Waals surface area contributed by atoms with Crippen LogP contribution in [0.15, 0.2) is 24.3 Å². The lowest BCUT2D eigenvalue weighted by Gasteiger charge is -2.23. The third kappa shape index (κ3) is 3.77. The van der Waals surface area contributed by atoms with Crippen LogP contribution in [0.25, 0.3) is 0 Å². The molecule has 0 spiro atoms. The number of nitrogens with two attached hydrogens (primary N) is 1. The summed E-state index contributed by atoms with van der Waals surface area (Å²) >= 11 is 0. The number of nitrogen functional groups attached to an aromatic ring is 1. The van der Waals surface area contributed by atoms with Crippen LogP contribution in [0.4, 0.5) is 5.69 Å². The number of anilines is 1. The highest BCUT2D eigenvalue weighted by Crippen LogP contribution is 2.15. The van der Waals surface area contributed by atoms with Gasteiger partial charge in [0.05, 0.1) is 0 Å². The molecule has 1 atom stereocenters. The SMILES string of the molecule is CC(C)C(C)C(=O)N(C)Cc1ccc(N)cc1. The van der Waals surface area contributed by atoms with Crippen molar-refractivity contribution in [2.24, 2.45) is 11.8 Å². The second kappa shape index (κ2) is 5.71. The fraction of sp³-hybridized carbons (Fsp3) is 0.500. The molecule has 0 aliphatic heterocycles. The molecule has 2 N–H and O–H groups in total. The molecule has 17 heavy (non-hydrogen) atoms. The van der Waals surface area contributed by atoms with Crippen molar-refractivity contribution in [1.29, 1.82) is 0 Å². The van der Waals surface area contributed by atoms with E-state index >= 15 is 0 Å². The van der Waals surface area contributed by atoms with Gasteiger partial charge in [-0.05, 0) is 23.6 Å². The lowest BCUT2D eigenvalue weighted by molar-refractivity contribution is -0.135. The van der Waals surface area contributed by atoms with Crippen LogP contribution < -0.4 is 5.73 Å². The van der Waals surface area contributed by atoms with Crippen LogP contribution >= 0.6 is 0 Å². The number of amides is 1. The van der Waals surface area contributed by atoms with Gasteiger partial charge in [-0.3, -0.25) is 4.79 Å². The number of hydrogen-bond acceptors (Lipinski definition) is 2. The van der Waals surface area contributed by atoms with Gasteiger partial charge in [-0.1, -0.05) is 32.9 Å². The van der Waals surface area contributed by atoms with Crippen molar-refractivity contribution < 1.29 is 4.79 Å². The Kier molecular flexibility index (Phi) is 4.55. The zero-order chi connectivity index (χ0) is 13.0. The summed E-state index contributed by atoms with van der Waals surface area (Å²) < 4.78 is 0. The van der Waals surface area contributed by atoms with Gasteiger partial charge in [0, 0.05) is 25.2 Å². The maximum atomic E-state index is 12.1. The summed E-state index contributed by atoms with van der Waals surface area (Å²) in [5.74, 6) is 0.627. The Balaban J connectivity index is 2.63. The fourth-order valence-electron chi connectivity index (χ4n) is 1.61. The summed E-state index contributed by atoms with van der Waals surface area (Å²) in [4.78, 5) is 13.8. The minimum absolute atomic E-state index is 0.0637. The van der Waals surface area contributed by atoms with E-state index in [0.29, 0.717) is 12.5 Å². The highest BCUT2D eigenvalue weighted by Gasteiger charge is 2.20. The molecule has 1 aromatic rings. The van der Waals surface area contributed by atoms with Crippen LogP contribution in [0.5, 0.6) is 0 Å². The molecule has 1 amide bonds. The summed E-state index contributed by atoms with van der Waals surface area (Å²) in [6.45, 7) is 6.75. The first-order chi connectivity index (χ1) is 7.91. The van der Waals surface area contributed by atoms with Crippen molar-refractivity contribution in [3.63, 3.8) is 0 Å². The van der Waals surface area contributed by atoms with E-state index in [1.165, 1.54) is 0 Å². The lowest BCUT2D eigenvalue weighted by atomic mass is 9.96. The Labute approximate surface area is 104 Å². The average Bonchev–Trinajstić information content (AvgIpc) is 2.30. The van der Waals surface area contributed by atoms with E-state index in [1.807, 2.05) is 38.2 Å². The molecule has 3 nitrogen and oxygen atoms in total. The summed E-state index contributed by atoms with van der Waals surface area (Å²) in [6, 6.07) is 7.64. The molecule has 0 aliphatic rings. The number of carbonyl (C=O) groups is 1. The van der Waals surface area contributed by atoms with Gasteiger partial charge in [0.25, 0.3) is 0 Å². The topological polar surface area (TPSA) is 46.3 Å². The fourth-order valence-corrected chi connectivity index (χ4v) is 1.61. The average molecular weight is 234 g/mol. The predicted molar refractivity (Wildman–Crippen MR) is 71.3 cm³/mol. The number of rotatable bonds is 4. The first-order valence-corrected chi connectivity index (χ1v) is 6.01. The van der Waals surface area contributed by atoms with Crippen molar-refractivity contribution in [1.82, 2.24) is 4.90 Å². The molecule has 1 rings (SSSR count). The first kappa shape index (κ1) is 13.6. The van der Waals surface area contributed by atoms with E-state index < -0.39 is 0 Å². The predicted octanol–water partition coefficient (Wildman–Crippen LogP) is 2.52. The summed E-state index contributed by atoms with van der Waals surface area (Å²) in [6.07, 6.45) is 0. The van der Waals surface area contributed by atoms with Gasteiger partial charge in [0.15, 0.2) is 0 Å². The molecule has 0 heterocycles.